The van der Waals surface area contributed by atoms with Crippen molar-refractivity contribution >= 4 is 0 Å². The van der Waals surface area contributed by atoms with Crippen LogP contribution in [0.25, 0.3) is 11.3 Å². The molecule has 2 heterocycles. The lowest BCUT2D eigenvalue weighted by atomic mass is 10.3. The van der Waals surface area contributed by atoms with E-state index in [0.29, 0.717) is 0 Å². The van der Waals surface area contributed by atoms with Crippen molar-refractivity contribution in [3.63, 3.8) is 0 Å². The fourth-order valence-corrected chi connectivity index (χ4v) is 1.79. The van der Waals surface area contributed by atoms with Crippen molar-refractivity contribution in [2.75, 3.05) is 13.1 Å². The lowest BCUT2D eigenvalue weighted by Crippen LogP contribution is -2.20. The molecule has 0 spiro atoms. The van der Waals surface area contributed by atoms with Gasteiger partial charge in [-0.15, -0.1) is 0 Å². The van der Waals surface area contributed by atoms with E-state index >= 15 is 0 Å². The van der Waals surface area contributed by atoms with Crippen LogP contribution in [0.4, 0.5) is 0 Å². The zero-order valence-electron chi connectivity index (χ0n) is 10.4. The quantitative estimate of drug-likeness (QED) is 0.765. The first-order valence-corrected chi connectivity index (χ1v) is 6.01. The molecule has 92 valence electrons. The summed E-state index contributed by atoms with van der Waals surface area (Å²) < 4.78 is 3.96. The number of aryl methyl sites for hydroxylation is 1. The van der Waals surface area contributed by atoms with E-state index in [0.717, 1.165) is 30.9 Å². The van der Waals surface area contributed by atoms with E-state index in [9.17, 15) is 0 Å². The zero-order chi connectivity index (χ0) is 12.1. The molecule has 0 saturated heterocycles. The second kappa shape index (κ2) is 5.63. The van der Waals surface area contributed by atoms with Crippen molar-refractivity contribution < 1.29 is 0 Å². The van der Waals surface area contributed by atoms with Crippen LogP contribution in [0.1, 0.15) is 13.3 Å². The lowest BCUT2D eigenvalue weighted by molar-refractivity contribution is 0.596. The van der Waals surface area contributed by atoms with Gasteiger partial charge < -0.3 is 9.88 Å². The Hall–Kier alpha value is -1.62. The van der Waals surface area contributed by atoms with Gasteiger partial charge in [0.15, 0.2) is 0 Å². The first-order chi connectivity index (χ1) is 8.31. The predicted octanol–water partition coefficient (Wildman–Crippen LogP) is 1.28. The molecule has 2 rings (SSSR count). The smallest absolute Gasteiger partial charge is 0.0951 e. The van der Waals surface area contributed by atoms with Gasteiger partial charge in [-0.2, -0.15) is 5.10 Å². The second-order valence-corrected chi connectivity index (χ2v) is 4.12. The van der Waals surface area contributed by atoms with Crippen molar-refractivity contribution in [3.8, 4) is 11.3 Å². The molecule has 0 saturated carbocycles. The molecule has 17 heavy (non-hydrogen) atoms. The molecule has 5 nitrogen and oxygen atoms in total. The number of hydrogen-bond acceptors (Lipinski definition) is 3. The number of nitrogens with one attached hydrogen (secondary N) is 1. The second-order valence-electron chi connectivity index (χ2n) is 4.12. The van der Waals surface area contributed by atoms with Crippen molar-refractivity contribution in [2.24, 2.45) is 7.05 Å². The number of nitrogens with zero attached hydrogens (tertiary/aromatic N) is 4. The van der Waals surface area contributed by atoms with E-state index in [1.807, 2.05) is 36.6 Å². The molecule has 0 atom stereocenters. The Morgan fingerprint density at radius 3 is 2.88 bits per heavy atom. The van der Waals surface area contributed by atoms with Crippen molar-refractivity contribution in [3.05, 3.63) is 24.9 Å². The topological polar surface area (TPSA) is 47.7 Å². The van der Waals surface area contributed by atoms with Gasteiger partial charge in [-0.25, -0.2) is 4.98 Å². The molecule has 2 aromatic rings. The van der Waals surface area contributed by atoms with Crippen LogP contribution in [0.3, 0.4) is 0 Å². The summed E-state index contributed by atoms with van der Waals surface area (Å²) in [4.78, 5) is 4.20. The minimum absolute atomic E-state index is 0.935. The average molecular weight is 233 g/mol. The maximum atomic E-state index is 4.20. The molecule has 0 aromatic carbocycles. The standard InChI is InChI=1S/C12H19N5/c1-3-4-13-5-6-17-10-14-8-12(17)11-7-15-16(2)9-11/h7-10,13H,3-6H2,1-2H3. The molecule has 0 fully saturated rings. The highest BCUT2D eigenvalue weighted by molar-refractivity contribution is 5.56. The Labute approximate surface area is 101 Å². The zero-order valence-corrected chi connectivity index (χ0v) is 10.4. The third-order valence-electron chi connectivity index (χ3n) is 2.67. The van der Waals surface area contributed by atoms with Crippen LogP contribution in [-0.4, -0.2) is 32.4 Å². The highest BCUT2D eigenvalue weighted by Gasteiger charge is 2.06. The van der Waals surface area contributed by atoms with Crippen molar-refractivity contribution in [1.29, 1.82) is 0 Å². The van der Waals surface area contributed by atoms with Crippen LogP contribution in [0, 0.1) is 0 Å². The molecule has 0 aliphatic carbocycles. The van der Waals surface area contributed by atoms with Crippen molar-refractivity contribution in [2.45, 2.75) is 19.9 Å². The number of aromatic nitrogens is 4. The van der Waals surface area contributed by atoms with Crippen LogP contribution in [0.5, 0.6) is 0 Å². The monoisotopic (exact) mass is 233 g/mol. The van der Waals surface area contributed by atoms with E-state index in [4.69, 9.17) is 0 Å². The molecule has 5 heteroatoms. The third-order valence-corrected chi connectivity index (χ3v) is 2.67. The van der Waals surface area contributed by atoms with Gasteiger partial charge in [-0.3, -0.25) is 4.68 Å². The van der Waals surface area contributed by atoms with E-state index in [2.05, 4.69) is 26.9 Å². The molecule has 0 bridgehead atoms. The average Bonchev–Trinajstić information content (AvgIpc) is 2.93. The van der Waals surface area contributed by atoms with E-state index in [1.54, 1.807) is 0 Å². The summed E-state index contributed by atoms with van der Waals surface area (Å²) in [5.74, 6) is 0. The Balaban J connectivity index is 2.02. The Kier molecular flexibility index (Phi) is 3.93. The molecule has 1 N–H and O–H groups in total. The van der Waals surface area contributed by atoms with Crippen LogP contribution in [0.2, 0.25) is 0 Å². The fraction of sp³-hybridized carbons (Fsp3) is 0.500. The van der Waals surface area contributed by atoms with Gasteiger partial charge in [-0.05, 0) is 13.0 Å². The largest absolute Gasteiger partial charge is 0.329 e. The molecule has 0 unspecified atom stereocenters. The Bertz CT molecular complexity index is 457. The minimum Gasteiger partial charge on any atom is -0.329 e. The van der Waals surface area contributed by atoms with Crippen molar-refractivity contribution in [1.82, 2.24) is 24.6 Å². The first kappa shape index (κ1) is 11.9. The summed E-state index contributed by atoms with van der Waals surface area (Å²) in [5, 5.41) is 7.57. The Morgan fingerprint density at radius 2 is 2.18 bits per heavy atom. The third kappa shape index (κ3) is 2.94. The molecule has 0 aliphatic rings. The maximum absolute atomic E-state index is 4.20. The summed E-state index contributed by atoms with van der Waals surface area (Å²) in [6, 6.07) is 0. The minimum atomic E-state index is 0.935. The number of hydrogen-bond donors (Lipinski definition) is 1. The highest BCUT2D eigenvalue weighted by Crippen LogP contribution is 2.17. The lowest BCUT2D eigenvalue weighted by Gasteiger charge is -2.07. The maximum Gasteiger partial charge on any atom is 0.0951 e. The van der Waals surface area contributed by atoms with Gasteiger partial charge in [0, 0.05) is 31.9 Å². The van der Waals surface area contributed by atoms with Gasteiger partial charge in [0.05, 0.1) is 24.4 Å². The predicted molar refractivity (Wildman–Crippen MR) is 67.6 cm³/mol. The number of rotatable bonds is 6. The Morgan fingerprint density at radius 1 is 1.29 bits per heavy atom. The summed E-state index contributed by atoms with van der Waals surface area (Å²) >= 11 is 0. The van der Waals surface area contributed by atoms with Gasteiger partial charge in [0.25, 0.3) is 0 Å². The highest BCUT2D eigenvalue weighted by atomic mass is 15.2. The first-order valence-electron chi connectivity index (χ1n) is 6.01. The molecular formula is C12H19N5. The normalized spacial score (nSPS) is 10.9. The summed E-state index contributed by atoms with van der Waals surface area (Å²) in [5.41, 5.74) is 2.23. The molecular weight excluding hydrogens is 214 g/mol. The van der Waals surface area contributed by atoms with Crippen LogP contribution < -0.4 is 5.32 Å². The molecule has 2 aromatic heterocycles. The van der Waals surface area contributed by atoms with Crippen LogP contribution in [0.15, 0.2) is 24.9 Å². The summed E-state index contributed by atoms with van der Waals surface area (Å²) in [6.07, 6.45) is 8.80. The van der Waals surface area contributed by atoms with Gasteiger partial charge in [0.2, 0.25) is 0 Å². The van der Waals surface area contributed by atoms with E-state index in [1.165, 1.54) is 6.42 Å². The molecule has 0 amide bonds. The summed E-state index contributed by atoms with van der Waals surface area (Å²) in [7, 11) is 1.92. The fourth-order valence-electron chi connectivity index (χ4n) is 1.79. The van der Waals surface area contributed by atoms with Crippen LogP contribution >= 0.6 is 0 Å². The summed E-state index contributed by atoms with van der Waals surface area (Å²) in [6.45, 7) is 5.14. The van der Waals surface area contributed by atoms with Gasteiger partial charge in [-0.1, -0.05) is 6.92 Å². The van der Waals surface area contributed by atoms with Gasteiger partial charge in [0.1, 0.15) is 0 Å². The number of imidazole rings is 1. The SMILES string of the molecule is CCCNCCn1cncc1-c1cnn(C)c1. The van der Waals surface area contributed by atoms with E-state index < -0.39 is 0 Å². The molecule has 0 radical (unpaired) electrons. The van der Waals surface area contributed by atoms with Gasteiger partial charge >= 0.3 is 0 Å². The van der Waals surface area contributed by atoms with Crippen LogP contribution in [-0.2, 0) is 13.6 Å². The molecule has 0 aliphatic heterocycles. The van der Waals surface area contributed by atoms with E-state index in [-0.39, 0.29) is 0 Å².